The molecule has 1 fully saturated rings. The lowest BCUT2D eigenvalue weighted by molar-refractivity contribution is -0.154. The third kappa shape index (κ3) is 2.90. The van der Waals surface area contributed by atoms with Crippen molar-refractivity contribution in [2.75, 3.05) is 34.5 Å². The van der Waals surface area contributed by atoms with Gasteiger partial charge in [0.15, 0.2) is 0 Å². The fourth-order valence-corrected chi connectivity index (χ4v) is 2.60. The minimum atomic E-state index is -0.750. The molecule has 5 heteroatoms. The number of hydrogen-bond acceptors (Lipinski definition) is 5. The largest absolute Gasteiger partial charge is 0.497 e. The van der Waals surface area contributed by atoms with Crippen LogP contribution in [0.15, 0.2) is 18.2 Å². The SMILES string of the molecule is COc1cc(OC)cc(C(O)C2(OC)CCOCC2)c1. The van der Waals surface area contributed by atoms with Crippen molar-refractivity contribution in [1.82, 2.24) is 0 Å². The van der Waals surface area contributed by atoms with Gasteiger partial charge in [-0.15, -0.1) is 0 Å². The van der Waals surface area contributed by atoms with Crippen LogP contribution in [0.25, 0.3) is 0 Å². The van der Waals surface area contributed by atoms with Gasteiger partial charge >= 0.3 is 0 Å². The van der Waals surface area contributed by atoms with E-state index in [1.807, 2.05) is 12.1 Å². The van der Waals surface area contributed by atoms with Crippen LogP contribution in [0.4, 0.5) is 0 Å². The summed E-state index contributed by atoms with van der Waals surface area (Å²) in [5.74, 6) is 1.30. The molecule has 5 nitrogen and oxygen atoms in total. The maximum absolute atomic E-state index is 10.7. The van der Waals surface area contributed by atoms with Crippen molar-refractivity contribution < 1.29 is 24.1 Å². The molecule has 2 rings (SSSR count). The summed E-state index contributed by atoms with van der Waals surface area (Å²) in [6, 6.07) is 5.40. The molecule has 0 amide bonds. The molecule has 1 aromatic carbocycles. The van der Waals surface area contributed by atoms with Gasteiger partial charge in [0, 0.05) is 39.2 Å². The van der Waals surface area contributed by atoms with E-state index in [1.165, 1.54) is 0 Å². The molecule has 1 heterocycles. The molecule has 20 heavy (non-hydrogen) atoms. The van der Waals surface area contributed by atoms with Crippen LogP contribution in [-0.2, 0) is 9.47 Å². The quantitative estimate of drug-likeness (QED) is 0.894. The van der Waals surface area contributed by atoms with Gasteiger partial charge in [0.25, 0.3) is 0 Å². The Hall–Kier alpha value is -1.30. The molecule has 1 saturated heterocycles. The van der Waals surface area contributed by atoms with E-state index in [1.54, 1.807) is 27.4 Å². The van der Waals surface area contributed by atoms with Crippen LogP contribution < -0.4 is 9.47 Å². The zero-order chi connectivity index (χ0) is 14.6. The first kappa shape index (κ1) is 15.1. The van der Waals surface area contributed by atoms with Crippen molar-refractivity contribution in [3.05, 3.63) is 23.8 Å². The molecule has 0 bridgehead atoms. The van der Waals surface area contributed by atoms with Crippen molar-refractivity contribution in [1.29, 1.82) is 0 Å². The van der Waals surface area contributed by atoms with Gasteiger partial charge in [0.2, 0.25) is 0 Å². The predicted octanol–water partition coefficient (Wildman–Crippen LogP) is 1.93. The maximum atomic E-state index is 10.7. The number of ether oxygens (including phenoxy) is 4. The van der Waals surface area contributed by atoms with Crippen molar-refractivity contribution in [2.24, 2.45) is 0 Å². The lowest BCUT2D eigenvalue weighted by atomic mass is 9.84. The van der Waals surface area contributed by atoms with Crippen LogP contribution in [0.5, 0.6) is 11.5 Å². The molecule has 1 unspecified atom stereocenters. The predicted molar refractivity (Wildman–Crippen MR) is 74.3 cm³/mol. The zero-order valence-corrected chi connectivity index (χ0v) is 12.2. The topological polar surface area (TPSA) is 57.2 Å². The van der Waals surface area contributed by atoms with E-state index in [-0.39, 0.29) is 0 Å². The number of hydrogen-bond donors (Lipinski definition) is 1. The van der Waals surface area contributed by atoms with Gasteiger partial charge in [0.05, 0.1) is 14.2 Å². The third-order valence-corrected chi connectivity index (χ3v) is 3.93. The molecule has 0 radical (unpaired) electrons. The number of aliphatic hydroxyl groups is 1. The highest BCUT2D eigenvalue weighted by atomic mass is 16.5. The van der Waals surface area contributed by atoms with Crippen LogP contribution in [0, 0.1) is 0 Å². The first-order chi connectivity index (χ1) is 9.65. The lowest BCUT2D eigenvalue weighted by Gasteiger charge is -2.40. The van der Waals surface area contributed by atoms with Crippen LogP contribution >= 0.6 is 0 Å². The second kappa shape index (κ2) is 6.43. The molecule has 1 N–H and O–H groups in total. The Morgan fingerprint density at radius 1 is 1.05 bits per heavy atom. The minimum Gasteiger partial charge on any atom is -0.497 e. The van der Waals surface area contributed by atoms with E-state index in [9.17, 15) is 5.11 Å². The van der Waals surface area contributed by atoms with Crippen molar-refractivity contribution in [3.63, 3.8) is 0 Å². The molecule has 0 aliphatic carbocycles. The van der Waals surface area contributed by atoms with Crippen LogP contribution in [0.1, 0.15) is 24.5 Å². The van der Waals surface area contributed by atoms with Crippen LogP contribution in [-0.4, -0.2) is 45.3 Å². The van der Waals surface area contributed by atoms with Gasteiger partial charge in [-0.2, -0.15) is 0 Å². The first-order valence-corrected chi connectivity index (χ1v) is 6.69. The van der Waals surface area contributed by atoms with E-state index >= 15 is 0 Å². The van der Waals surface area contributed by atoms with E-state index in [0.717, 1.165) is 5.56 Å². The summed E-state index contributed by atoms with van der Waals surface area (Å²) < 4.78 is 21.5. The Labute approximate surface area is 119 Å². The molecule has 112 valence electrons. The lowest BCUT2D eigenvalue weighted by Crippen LogP contribution is -2.43. The summed E-state index contributed by atoms with van der Waals surface area (Å²) in [7, 11) is 4.81. The minimum absolute atomic E-state index is 0.589. The number of methoxy groups -OCH3 is 3. The van der Waals surface area contributed by atoms with E-state index in [2.05, 4.69) is 0 Å². The molecule has 1 atom stereocenters. The van der Waals surface area contributed by atoms with Crippen LogP contribution in [0.3, 0.4) is 0 Å². The molecule has 1 aromatic rings. The Balaban J connectivity index is 2.33. The van der Waals surface area contributed by atoms with E-state index in [0.29, 0.717) is 37.6 Å². The van der Waals surface area contributed by atoms with Crippen molar-refractivity contribution in [3.8, 4) is 11.5 Å². The second-order valence-electron chi connectivity index (χ2n) is 4.93. The highest BCUT2D eigenvalue weighted by molar-refractivity contribution is 5.40. The second-order valence-corrected chi connectivity index (χ2v) is 4.93. The molecule has 1 aliphatic heterocycles. The zero-order valence-electron chi connectivity index (χ0n) is 12.2. The Bertz CT molecular complexity index is 418. The van der Waals surface area contributed by atoms with E-state index < -0.39 is 11.7 Å². The molecule has 0 spiro atoms. The van der Waals surface area contributed by atoms with Gasteiger partial charge in [-0.25, -0.2) is 0 Å². The van der Waals surface area contributed by atoms with Gasteiger partial charge < -0.3 is 24.1 Å². The Kier molecular flexibility index (Phi) is 4.86. The normalized spacial score (nSPS) is 19.4. The molecular weight excluding hydrogens is 260 g/mol. The maximum Gasteiger partial charge on any atom is 0.122 e. The van der Waals surface area contributed by atoms with Crippen molar-refractivity contribution >= 4 is 0 Å². The van der Waals surface area contributed by atoms with E-state index in [4.69, 9.17) is 18.9 Å². The number of rotatable bonds is 5. The summed E-state index contributed by atoms with van der Waals surface area (Å²) in [6.07, 6.45) is 0.564. The molecule has 0 aromatic heterocycles. The van der Waals surface area contributed by atoms with Gasteiger partial charge in [-0.05, 0) is 17.7 Å². The summed E-state index contributed by atoms with van der Waals surface area (Å²) >= 11 is 0. The summed E-state index contributed by atoms with van der Waals surface area (Å²) in [6.45, 7) is 1.18. The smallest absolute Gasteiger partial charge is 0.122 e. The fraction of sp³-hybridized carbons (Fsp3) is 0.600. The summed E-state index contributed by atoms with van der Waals surface area (Å²) in [5.41, 5.74) is 0.111. The average molecular weight is 282 g/mol. The summed E-state index contributed by atoms with van der Waals surface area (Å²) in [4.78, 5) is 0. The average Bonchev–Trinajstić information content (AvgIpc) is 2.54. The third-order valence-electron chi connectivity index (χ3n) is 3.93. The monoisotopic (exact) mass is 282 g/mol. The number of aliphatic hydroxyl groups excluding tert-OH is 1. The Morgan fingerprint density at radius 3 is 2.05 bits per heavy atom. The molecule has 1 aliphatic rings. The molecular formula is C15H22O5. The highest BCUT2D eigenvalue weighted by Crippen LogP contribution is 2.39. The van der Waals surface area contributed by atoms with Gasteiger partial charge in [-0.3, -0.25) is 0 Å². The van der Waals surface area contributed by atoms with Gasteiger partial charge in [0.1, 0.15) is 23.2 Å². The number of benzene rings is 1. The summed E-state index contributed by atoms with van der Waals surface area (Å²) in [5, 5.41) is 10.7. The first-order valence-electron chi connectivity index (χ1n) is 6.69. The Morgan fingerprint density at radius 2 is 1.60 bits per heavy atom. The highest BCUT2D eigenvalue weighted by Gasteiger charge is 2.41. The fourth-order valence-electron chi connectivity index (χ4n) is 2.60. The van der Waals surface area contributed by atoms with Gasteiger partial charge in [-0.1, -0.05) is 0 Å². The molecule has 0 saturated carbocycles. The van der Waals surface area contributed by atoms with Crippen LogP contribution in [0.2, 0.25) is 0 Å². The standard InChI is InChI=1S/C15H22O5/c1-17-12-8-11(9-13(10-12)18-2)14(16)15(19-3)4-6-20-7-5-15/h8-10,14,16H,4-7H2,1-3H3. The van der Waals surface area contributed by atoms with Crippen molar-refractivity contribution in [2.45, 2.75) is 24.5 Å².